The van der Waals surface area contributed by atoms with Crippen molar-refractivity contribution in [1.29, 1.82) is 0 Å². The van der Waals surface area contributed by atoms with Crippen LogP contribution in [0.2, 0.25) is 0 Å². The van der Waals surface area contributed by atoms with Crippen LogP contribution in [0.3, 0.4) is 0 Å². The number of rotatable bonds is 0. The Balaban J connectivity index is 0.000001000. The molecule has 0 N–H and O–H groups in total. The van der Waals surface area contributed by atoms with Crippen LogP contribution in [0.25, 0.3) is 0 Å². The van der Waals surface area contributed by atoms with Gasteiger partial charge < -0.3 is 20.7 Å². The van der Waals surface area contributed by atoms with Gasteiger partial charge in [0.25, 0.3) is 0 Å². The minimum atomic E-state index is 0. The van der Waals surface area contributed by atoms with Crippen molar-refractivity contribution in [3.8, 4) is 0 Å². The molecule has 0 unspecified atom stereocenters. The molecule has 5 heteroatoms. The molecule has 0 aromatic heterocycles. The van der Waals surface area contributed by atoms with E-state index in [0.717, 1.165) is 0 Å². The Bertz CT molecular complexity index is 201. The van der Waals surface area contributed by atoms with Crippen LogP contribution in [0.4, 0.5) is 0 Å². The predicted octanol–water partition coefficient (Wildman–Crippen LogP) is 0.988. The molecule has 0 aromatic rings. The average molecular weight is 202 g/mol. The van der Waals surface area contributed by atoms with Crippen molar-refractivity contribution in [3.63, 3.8) is 0 Å². The number of allylic oxidation sites excluding steroid dienone is 4. The van der Waals surface area contributed by atoms with Gasteiger partial charge in [-0.3, -0.25) is 0 Å². The molecule has 4 nitrogen and oxygen atoms in total. The van der Waals surface area contributed by atoms with Crippen molar-refractivity contribution < 1.29 is 19.5 Å². The monoisotopic (exact) mass is 200 g/mol. The van der Waals surface area contributed by atoms with Crippen molar-refractivity contribution in [1.82, 2.24) is 0 Å². The average Bonchev–Trinajstić information content (AvgIpc) is 2.05. The predicted molar refractivity (Wildman–Crippen MR) is 39.9 cm³/mol. The van der Waals surface area contributed by atoms with Crippen molar-refractivity contribution >= 4 is 11.4 Å². The maximum Gasteiger partial charge on any atom is 2.00 e. The Morgan fingerprint density at radius 2 is 1.09 bits per heavy atom. The molecule has 0 saturated heterocycles. The van der Waals surface area contributed by atoms with Crippen LogP contribution in [-0.2, 0) is 19.5 Å². The third-order valence-corrected chi connectivity index (χ3v) is 1.06. The molecule has 0 aliphatic heterocycles. The standard InChI is InChI=1S/C6H6N2O2.Zn/c9-7-5-1-2-6(8-10)4-3-5;/h1-4,9-10H;/q;+2/p-2. The van der Waals surface area contributed by atoms with Gasteiger partial charge in [-0.25, -0.2) is 0 Å². The Hall–Kier alpha value is -0.957. The fourth-order valence-corrected chi connectivity index (χ4v) is 0.574. The first-order valence-electron chi connectivity index (χ1n) is 2.63. The van der Waals surface area contributed by atoms with E-state index in [0.29, 0.717) is 11.4 Å². The first-order chi connectivity index (χ1) is 4.86. The maximum absolute atomic E-state index is 9.85. The molecule has 1 rings (SSSR count). The van der Waals surface area contributed by atoms with Gasteiger partial charge in [-0.15, -0.1) is 0 Å². The minimum Gasteiger partial charge on any atom is -0.792 e. The van der Waals surface area contributed by atoms with E-state index in [2.05, 4.69) is 10.3 Å². The topological polar surface area (TPSA) is 70.8 Å². The number of hydrogen-bond donors (Lipinski definition) is 0. The summed E-state index contributed by atoms with van der Waals surface area (Å²) in [6.45, 7) is 0. The third-order valence-electron chi connectivity index (χ3n) is 1.06. The maximum atomic E-state index is 9.85. The largest absolute Gasteiger partial charge is 2.00 e. The van der Waals surface area contributed by atoms with Crippen molar-refractivity contribution in [2.45, 2.75) is 0 Å². The van der Waals surface area contributed by atoms with Crippen LogP contribution in [-0.4, -0.2) is 11.4 Å². The quantitative estimate of drug-likeness (QED) is 0.333. The Labute approximate surface area is 76.3 Å². The van der Waals surface area contributed by atoms with E-state index in [1.54, 1.807) is 0 Å². The van der Waals surface area contributed by atoms with E-state index < -0.39 is 0 Å². The SMILES string of the molecule is [O-]N=C1C=CC(=N[O-])C=C1.[Zn+2]. The molecule has 0 radical (unpaired) electrons. The van der Waals surface area contributed by atoms with Crippen LogP contribution < -0.4 is 0 Å². The van der Waals surface area contributed by atoms with Gasteiger partial charge in [0, 0.05) is 0 Å². The summed E-state index contributed by atoms with van der Waals surface area (Å²) in [7, 11) is 0. The van der Waals surface area contributed by atoms with Crippen LogP contribution in [0.1, 0.15) is 0 Å². The molecule has 0 fully saturated rings. The zero-order valence-electron chi connectivity index (χ0n) is 5.73. The molecular formula is C6H4N2O2Zn. The fraction of sp³-hybridized carbons (Fsp3) is 0. The summed E-state index contributed by atoms with van der Waals surface area (Å²) in [6, 6.07) is 0. The second kappa shape index (κ2) is 4.80. The minimum absolute atomic E-state index is 0. The van der Waals surface area contributed by atoms with Gasteiger partial charge in [0.05, 0.1) is 11.4 Å². The van der Waals surface area contributed by atoms with Crippen LogP contribution in [0.5, 0.6) is 0 Å². The van der Waals surface area contributed by atoms with Crippen LogP contribution >= 0.6 is 0 Å². The summed E-state index contributed by atoms with van der Waals surface area (Å²) < 4.78 is 0. The summed E-state index contributed by atoms with van der Waals surface area (Å²) in [4.78, 5) is 0. The Kier molecular flexibility index (Phi) is 4.38. The van der Waals surface area contributed by atoms with E-state index in [4.69, 9.17) is 0 Å². The van der Waals surface area contributed by atoms with Gasteiger partial charge in [0.2, 0.25) is 0 Å². The molecule has 0 aromatic carbocycles. The summed E-state index contributed by atoms with van der Waals surface area (Å²) in [5, 5.41) is 25.0. The van der Waals surface area contributed by atoms with E-state index in [1.807, 2.05) is 0 Å². The Morgan fingerprint density at radius 1 is 0.818 bits per heavy atom. The molecule has 0 saturated carbocycles. The molecular weight excluding hydrogens is 197 g/mol. The zero-order valence-corrected chi connectivity index (χ0v) is 8.69. The van der Waals surface area contributed by atoms with Gasteiger partial charge in [0.15, 0.2) is 0 Å². The van der Waals surface area contributed by atoms with Crippen molar-refractivity contribution in [2.24, 2.45) is 10.3 Å². The molecule has 0 amide bonds. The zero-order chi connectivity index (χ0) is 7.40. The fourth-order valence-electron chi connectivity index (χ4n) is 0.574. The van der Waals surface area contributed by atoms with Gasteiger partial charge in [-0.05, 0) is 24.3 Å². The normalized spacial score (nSPS) is 14.2. The van der Waals surface area contributed by atoms with E-state index in [1.165, 1.54) is 24.3 Å². The van der Waals surface area contributed by atoms with Gasteiger partial charge in [-0.2, -0.15) is 0 Å². The first-order valence-corrected chi connectivity index (χ1v) is 2.63. The van der Waals surface area contributed by atoms with Crippen molar-refractivity contribution in [3.05, 3.63) is 34.7 Å². The molecule has 11 heavy (non-hydrogen) atoms. The van der Waals surface area contributed by atoms with Crippen molar-refractivity contribution in [2.75, 3.05) is 0 Å². The second-order valence-corrected chi connectivity index (χ2v) is 1.70. The number of hydrogen-bond acceptors (Lipinski definition) is 4. The van der Waals surface area contributed by atoms with Gasteiger partial charge in [0.1, 0.15) is 0 Å². The molecule has 52 valence electrons. The van der Waals surface area contributed by atoms with E-state index >= 15 is 0 Å². The smallest absolute Gasteiger partial charge is 0.792 e. The Morgan fingerprint density at radius 3 is 1.27 bits per heavy atom. The third kappa shape index (κ3) is 2.64. The summed E-state index contributed by atoms with van der Waals surface area (Å²) in [5.41, 5.74) is 0.597. The molecule has 1 aliphatic rings. The molecule has 0 bridgehead atoms. The van der Waals surface area contributed by atoms with Crippen LogP contribution in [0.15, 0.2) is 34.6 Å². The van der Waals surface area contributed by atoms with E-state index in [-0.39, 0.29) is 19.5 Å². The summed E-state index contributed by atoms with van der Waals surface area (Å²) in [6.07, 6.45) is 5.74. The summed E-state index contributed by atoms with van der Waals surface area (Å²) >= 11 is 0. The first kappa shape index (κ1) is 10.0. The summed E-state index contributed by atoms with van der Waals surface area (Å²) in [5.74, 6) is 0. The molecule has 1 aliphatic carbocycles. The van der Waals surface area contributed by atoms with Gasteiger partial charge >= 0.3 is 19.5 Å². The molecule has 0 atom stereocenters. The molecule has 0 spiro atoms. The molecule has 0 heterocycles. The van der Waals surface area contributed by atoms with E-state index in [9.17, 15) is 10.4 Å². The number of nitrogens with zero attached hydrogens (tertiary/aromatic N) is 2. The second-order valence-electron chi connectivity index (χ2n) is 1.70. The van der Waals surface area contributed by atoms with Crippen LogP contribution in [0, 0.1) is 10.4 Å². The van der Waals surface area contributed by atoms with Gasteiger partial charge in [-0.1, -0.05) is 0 Å².